The maximum absolute atomic E-state index is 11.9. The third-order valence-electron chi connectivity index (χ3n) is 4.11. The number of esters is 1. The van der Waals surface area contributed by atoms with Crippen molar-refractivity contribution < 1.29 is 23.8 Å². The molecule has 0 aliphatic heterocycles. The first-order valence-corrected chi connectivity index (χ1v) is 10.2. The molecule has 30 heavy (non-hydrogen) atoms. The Morgan fingerprint density at radius 3 is 2.53 bits per heavy atom. The van der Waals surface area contributed by atoms with Crippen LogP contribution in [0.5, 0.6) is 11.5 Å². The second kappa shape index (κ2) is 13.0. The predicted octanol–water partition coefficient (Wildman–Crippen LogP) is 4.14. The summed E-state index contributed by atoms with van der Waals surface area (Å²) in [5.41, 5.74) is 1.75. The van der Waals surface area contributed by atoms with Crippen molar-refractivity contribution in [2.45, 2.75) is 33.2 Å². The molecule has 0 aromatic heterocycles. The highest BCUT2D eigenvalue weighted by Crippen LogP contribution is 2.29. The monoisotopic (exact) mass is 411 g/mol. The molecule has 0 spiro atoms. The highest BCUT2D eigenvalue weighted by atomic mass is 16.5. The largest absolute Gasteiger partial charge is 0.490 e. The highest BCUT2D eigenvalue weighted by Gasteiger charge is 2.07. The third kappa shape index (κ3) is 8.39. The molecule has 0 radical (unpaired) electrons. The third-order valence-corrected chi connectivity index (χ3v) is 4.11. The average Bonchev–Trinajstić information content (AvgIpc) is 2.77. The minimum absolute atomic E-state index is 0.329. The van der Waals surface area contributed by atoms with Crippen LogP contribution < -0.4 is 14.8 Å². The zero-order valence-electron chi connectivity index (χ0n) is 17.6. The molecular formula is C24H29NO5. The summed E-state index contributed by atoms with van der Waals surface area (Å²) in [5.74, 6) is 0.364. The minimum atomic E-state index is -0.592. The van der Waals surface area contributed by atoms with Gasteiger partial charge in [0.25, 0.3) is 5.91 Å². The van der Waals surface area contributed by atoms with Crippen LogP contribution in [0.4, 0.5) is 0 Å². The lowest BCUT2D eigenvalue weighted by atomic mass is 10.2. The summed E-state index contributed by atoms with van der Waals surface area (Å²) in [4.78, 5) is 23.7. The summed E-state index contributed by atoms with van der Waals surface area (Å²) in [7, 11) is 0. The molecule has 6 heteroatoms. The molecule has 0 heterocycles. The van der Waals surface area contributed by atoms with Gasteiger partial charge in [-0.1, -0.05) is 49.7 Å². The van der Waals surface area contributed by atoms with Crippen molar-refractivity contribution in [2.75, 3.05) is 19.8 Å². The standard InChI is InChI=1S/C24H29NO5/c1-3-5-15-29-21-13-11-19(16-22(21)28-4-2)12-14-24(27)30-18-23(26)25-17-20-9-7-6-8-10-20/h6-14,16H,3-5,15,17-18H2,1-2H3,(H,25,26)/b14-12+. The lowest BCUT2D eigenvalue weighted by Gasteiger charge is -2.12. The fraction of sp³-hybridized carbons (Fsp3) is 0.333. The van der Waals surface area contributed by atoms with E-state index in [9.17, 15) is 9.59 Å². The van der Waals surface area contributed by atoms with E-state index >= 15 is 0 Å². The number of benzene rings is 2. The van der Waals surface area contributed by atoms with Gasteiger partial charge in [0.15, 0.2) is 18.1 Å². The van der Waals surface area contributed by atoms with Gasteiger partial charge >= 0.3 is 5.97 Å². The number of ether oxygens (including phenoxy) is 3. The van der Waals surface area contributed by atoms with Crippen LogP contribution in [0.15, 0.2) is 54.6 Å². The number of carbonyl (C=O) groups excluding carboxylic acids is 2. The van der Waals surface area contributed by atoms with Crippen LogP contribution in [0.2, 0.25) is 0 Å². The van der Waals surface area contributed by atoms with Crippen molar-refractivity contribution in [1.29, 1.82) is 0 Å². The van der Waals surface area contributed by atoms with Crippen molar-refractivity contribution >= 4 is 18.0 Å². The van der Waals surface area contributed by atoms with Crippen molar-refractivity contribution in [3.05, 3.63) is 65.7 Å². The first-order valence-electron chi connectivity index (χ1n) is 10.2. The molecule has 2 aromatic rings. The fourth-order valence-corrected chi connectivity index (χ4v) is 2.54. The fourth-order valence-electron chi connectivity index (χ4n) is 2.54. The topological polar surface area (TPSA) is 73.9 Å². The Kier molecular flexibility index (Phi) is 10.00. The van der Waals surface area contributed by atoms with Gasteiger partial charge in [0.1, 0.15) is 0 Å². The molecule has 1 amide bonds. The molecule has 0 aliphatic carbocycles. The van der Waals surface area contributed by atoms with Gasteiger partial charge in [-0.15, -0.1) is 0 Å². The van der Waals surface area contributed by atoms with E-state index in [0.29, 0.717) is 31.3 Å². The Morgan fingerprint density at radius 1 is 1.00 bits per heavy atom. The van der Waals surface area contributed by atoms with Gasteiger partial charge in [-0.25, -0.2) is 4.79 Å². The number of hydrogen-bond donors (Lipinski definition) is 1. The smallest absolute Gasteiger partial charge is 0.331 e. The Labute approximate surface area is 177 Å². The van der Waals surface area contributed by atoms with Gasteiger partial charge < -0.3 is 19.5 Å². The van der Waals surface area contributed by atoms with E-state index in [2.05, 4.69) is 12.2 Å². The van der Waals surface area contributed by atoms with E-state index in [4.69, 9.17) is 14.2 Å². The van der Waals surface area contributed by atoms with Crippen LogP contribution in [0.3, 0.4) is 0 Å². The molecule has 1 N–H and O–H groups in total. The molecule has 6 nitrogen and oxygen atoms in total. The Balaban J connectivity index is 1.82. The van der Waals surface area contributed by atoms with Crippen LogP contribution >= 0.6 is 0 Å². The Morgan fingerprint density at radius 2 is 1.80 bits per heavy atom. The van der Waals surface area contributed by atoms with Crippen LogP contribution in [0.1, 0.15) is 37.8 Å². The molecule has 0 unspecified atom stereocenters. The normalized spacial score (nSPS) is 10.6. The minimum Gasteiger partial charge on any atom is -0.490 e. The summed E-state index contributed by atoms with van der Waals surface area (Å²) in [6.45, 7) is 5.21. The lowest BCUT2D eigenvalue weighted by Crippen LogP contribution is -2.28. The molecule has 2 rings (SSSR count). The Bertz CT molecular complexity index is 833. The van der Waals surface area contributed by atoms with Crippen LogP contribution in [0, 0.1) is 0 Å². The van der Waals surface area contributed by atoms with E-state index in [1.54, 1.807) is 12.1 Å². The number of rotatable bonds is 12. The zero-order valence-corrected chi connectivity index (χ0v) is 17.6. The van der Waals surface area contributed by atoms with Crippen molar-refractivity contribution in [3.63, 3.8) is 0 Å². The van der Waals surface area contributed by atoms with Crippen LogP contribution in [-0.2, 0) is 20.9 Å². The zero-order chi connectivity index (χ0) is 21.6. The number of nitrogens with one attached hydrogen (secondary N) is 1. The second-order valence-electron chi connectivity index (χ2n) is 6.54. The summed E-state index contributed by atoms with van der Waals surface area (Å²) < 4.78 is 16.4. The lowest BCUT2D eigenvalue weighted by molar-refractivity contribution is -0.143. The molecule has 0 fully saturated rings. The molecule has 160 valence electrons. The highest BCUT2D eigenvalue weighted by molar-refractivity contribution is 5.89. The summed E-state index contributed by atoms with van der Waals surface area (Å²) in [5, 5.41) is 2.71. The van der Waals surface area contributed by atoms with Crippen molar-refractivity contribution in [3.8, 4) is 11.5 Å². The van der Waals surface area contributed by atoms with Gasteiger partial charge in [-0.3, -0.25) is 4.79 Å². The molecule has 0 aliphatic rings. The summed E-state index contributed by atoms with van der Waals surface area (Å²) >= 11 is 0. The average molecular weight is 411 g/mol. The first-order chi connectivity index (χ1) is 14.6. The summed E-state index contributed by atoms with van der Waals surface area (Å²) in [6, 6.07) is 15.0. The maximum Gasteiger partial charge on any atom is 0.331 e. The van der Waals surface area contributed by atoms with E-state index in [-0.39, 0.29) is 12.5 Å². The SMILES string of the molecule is CCCCOc1ccc(/C=C/C(=O)OCC(=O)NCc2ccccc2)cc1OCC. The van der Waals surface area contributed by atoms with Crippen LogP contribution in [0.25, 0.3) is 6.08 Å². The number of hydrogen-bond acceptors (Lipinski definition) is 5. The quantitative estimate of drug-likeness (QED) is 0.323. The predicted molar refractivity (Wildman–Crippen MR) is 116 cm³/mol. The van der Waals surface area contributed by atoms with E-state index in [0.717, 1.165) is 24.0 Å². The second-order valence-corrected chi connectivity index (χ2v) is 6.54. The van der Waals surface area contributed by atoms with E-state index < -0.39 is 5.97 Å². The number of amides is 1. The molecule has 2 aromatic carbocycles. The Hall–Kier alpha value is -3.28. The van der Waals surface area contributed by atoms with Gasteiger partial charge in [-0.2, -0.15) is 0 Å². The van der Waals surface area contributed by atoms with E-state index in [1.165, 1.54) is 6.08 Å². The number of carbonyl (C=O) groups is 2. The summed E-state index contributed by atoms with van der Waals surface area (Å²) in [6.07, 6.45) is 4.92. The molecule has 0 saturated heterocycles. The van der Waals surface area contributed by atoms with Gasteiger partial charge in [-0.05, 0) is 42.7 Å². The van der Waals surface area contributed by atoms with E-state index in [1.807, 2.05) is 49.4 Å². The van der Waals surface area contributed by atoms with Crippen molar-refractivity contribution in [2.24, 2.45) is 0 Å². The van der Waals surface area contributed by atoms with Gasteiger partial charge in [0, 0.05) is 12.6 Å². The maximum atomic E-state index is 11.9. The molecule has 0 atom stereocenters. The first kappa shape index (κ1) is 23.0. The molecule has 0 saturated carbocycles. The van der Waals surface area contributed by atoms with Crippen molar-refractivity contribution in [1.82, 2.24) is 5.32 Å². The number of unbranched alkanes of at least 4 members (excludes halogenated alkanes) is 1. The molecular weight excluding hydrogens is 382 g/mol. The molecule has 0 bridgehead atoms. The van der Waals surface area contributed by atoms with Crippen LogP contribution in [-0.4, -0.2) is 31.7 Å². The van der Waals surface area contributed by atoms with Gasteiger partial charge in [0.2, 0.25) is 0 Å². The van der Waals surface area contributed by atoms with Gasteiger partial charge in [0.05, 0.1) is 13.2 Å².